The molecule has 2 aliphatic rings. The Kier molecular flexibility index (Phi) is 3.12. The Morgan fingerprint density at radius 3 is 2.35 bits per heavy atom. The summed E-state index contributed by atoms with van der Waals surface area (Å²) in [5.74, 6) is 0.655. The second-order valence-electron chi connectivity index (χ2n) is 5.12. The van der Waals surface area contributed by atoms with E-state index in [1.807, 2.05) is 12.1 Å². The van der Waals surface area contributed by atoms with Crippen LogP contribution in [-0.4, -0.2) is 31.1 Å². The Labute approximate surface area is 102 Å². The van der Waals surface area contributed by atoms with Crippen LogP contribution in [0, 0.1) is 11.7 Å². The molecule has 0 aromatic heterocycles. The molecule has 1 aliphatic heterocycles. The molecular weight excluding hydrogens is 215 g/mol. The molecule has 0 spiro atoms. The predicted octanol–water partition coefficient (Wildman–Crippen LogP) is 2.18. The quantitative estimate of drug-likeness (QED) is 0.862. The molecule has 3 rings (SSSR count). The molecule has 0 radical (unpaired) electrons. The number of nitrogens with zero attached hydrogens (tertiary/aromatic N) is 1. The molecular formula is C14H19FN2. The highest BCUT2D eigenvalue weighted by atomic mass is 19.1. The van der Waals surface area contributed by atoms with E-state index < -0.39 is 0 Å². The fourth-order valence-corrected chi connectivity index (χ4v) is 2.81. The Hall–Kier alpha value is -0.930. The first-order chi connectivity index (χ1) is 8.34. The number of hydrogen-bond donors (Lipinski definition) is 1. The predicted molar refractivity (Wildman–Crippen MR) is 66.3 cm³/mol. The fraction of sp³-hybridized carbons (Fsp3) is 0.571. The van der Waals surface area contributed by atoms with Crippen molar-refractivity contribution in [3.63, 3.8) is 0 Å². The van der Waals surface area contributed by atoms with Gasteiger partial charge in [0.05, 0.1) is 0 Å². The molecule has 2 fully saturated rings. The second kappa shape index (κ2) is 4.75. The van der Waals surface area contributed by atoms with Crippen LogP contribution in [0.4, 0.5) is 4.39 Å². The lowest BCUT2D eigenvalue weighted by Gasteiger charge is -2.35. The van der Waals surface area contributed by atoms with E-state index in [0.717, 1.165) is 32.1 Å². The standard InChI is InChI=1S/C14H19FN2/c15-13-5-3-12(4-6-13)14(11-1-2-11)17-9-7-16-8-10-17/h3-6,11,14,16H,1-2,7-10H2/t14-/m1/s1. The van der Waals surface area contributed by atoms with Gasteiger partial charge in [-0.15, -0.1) is 0 Å². The summed E-state index contributed by atoms with van der Waals surface area (Å²) < 4.78 is 13.0. The van der Waals surface area contributed by atoms with Crippen LogP contribution in [0.25, 0.3) is 0 Å². The maximum Gasteiger partial charge on any atom is 0.123 e. The summed E-state index contributed by atoms with van der Waals surface area (Å²) in [5.41, 5.74) is 1.29. The van der Waals surface area contributed by atoms with Gasteiger partial charge in [0.25, 0.3) is 0 Å². The Balaban J connectivity index is 1.81. The third kappa shape index (κ3) is 2.50. The maximum absolute atomic E-state index is 13.0. The molecule has 1 saturated carbocycles. The van der Waals surface area contributed by atoms with Crippen molar-refractivity contribution in [1.82, 2.24) is 10.2 Å². The monoisotopic (exact) mass is 234 g/mol. The van der Waals surface area contributed by atoms with Gasteiger partial charge in [-0.1, -0.05) is 12.1 Å². The molecule has 1 N–H and O–H groups in total. The first-order valence-electron chi connectivity index (χ1n) is 6.55. The van der Waals surface area contributed by atoms with Gasteiger partial charge in [0.2, 0.25) is 0 Å². The normalized spacial score (nSPS) is 23.6. The number of hydrogen-bond acceptors (Lipinski definition) is 2. The largest absolute Gasteiger partial charge is 0.314 e. The van der Waals surface area contributed by atoms with Crippen molar-refractivity contribution < 1.29 is 4.39 Å². The van der Waals surface area contributed by atoms with Gasteiger partial charge in [-0.2, -0.15) is 0 Å². The lowest BCUT2D eigenvalue weighted by molar-refractivity contribution is 0.156. The average molecular weight is 234 g/mol. The van der Waals surface area contributed by atoms with E-state index in [-0.39, 0.29) is 5.82 Å². The highest BCUT2D eigenvalue weighted by Crippen LogP contribution is 2.44. The third-order valence-electron chi connectivity index (χ3n) is 3.83. The fourth-order valence-electron chi connectivity index (χ4n) is 2.81. The Morgan fingerprint density at radius 1 is 1.12 bits per heavy atom. The van der Waals surface area contributed by atoms with Crippen LogP contribution in [-0.2, 0) is 0 Å². The van der Waals surface area contributed by atoms with E-state index in [1.54, 1.807) is 12.1 Å². The number of halogens is 1. The van der Waals surface area contributed by atoms with Crippen LogP contribution >= 0.6 is 0 Å². The van der Waals surface area contributed by atoms with Crippen LogP contribution in [0.15, 0.2) is 24.3 Å². The van der Waals surface area contributed by atoms with Crippen molar-refractivity contribution in [2.75, 3.05) is 26.2 Å². The minimum Gasteiger partial charge on any atom is -0.314 e. The van der Waals surface area contributed by atoms with Gasteiger partial charge in [0, 0.05) is 32.2 Å². The smallest absolute Gasteiger partial charge is 0.123 e. The SMILES string of the molecule is Fc1ccc([C@@H](C2CC2)N2CCNCC2)cc1. The van der Waals surface area contributed by atoms with Crippen LogP contribution in [0.2, 0.25) is 0 Å². The lowest BCUT2D eigenvalue weighted by atomic mass is 10.00. The summed E-state index contributed by atoms with van der Waals surface area (Å²) >= 11 is 0. The molecule has 3 heteroatoms. The van der Waals surface area contributed by atoms with Gasteiger partial charge >= 0.3 is 0 Å². The van der Waals surface area contributed by atoms with Gasteiger partial charge < -0.3 is 5.32 Å². The highest BCUT2D eigenvalue weighted by molar-refractivity contribution is 5.22. The molecule has 1 saturated heterocycles. The molecule has 17 heavy (non-hydrogen) atoms. The summed E-state index contributed by atoms with van der Waals surface area (Å²) in [5, 5.41) is 3.39. The van der Waals surface area contributed by atoms with E-state index in [9.17, 15) is 4.39 Å². The minimum atomic E-state index is -0.136. The summed E-state index contributed by atoms with van der Waals surface area (Å²) in [6.07, 6.45) is 2.65. The van der Waals surface area contributed by atoms with Crippen molar-refractivity contribution in [1.29, 1.82) is 0 Å². The van der Waals surface area contributed by atoms with Crippen LogP contribution in [0.5, 0.6) is 0 Å². The summed E-state index contributed by atoms with van der Waals surface area (Å²) in [7, 11) is 0. The Morgan fingerprint density at radius 2 is 1.76 bits per heavy atom. The van der Waals surface area contributed by atoms with Gasteiger partial charge in [-0.3, -0.25) is 4.90 Å². The maximum atomic E-state index is 13.0. The molecule has 1 aliphatic carbocycles. The number of piperazine rings is 1. The number of benzene rings is 1. The van der Waals surface area contributed by atoms with E-state index in [1.165, 1.54) is 18.4 Å². The summed E-state index contributed by atoms with van der Waals surface area (Å²) in [6.45, 7) is 4.37. The van der Waals surface area contributed by atoms with Gasteiger partial charge in [0.15, 0.2) is 0 Å². The van der Waals surface area contributed by atoms with Crippen molar-refractivity contribution >= 4 is 0 Å². The molecule has 92 valence electrons. The Bertz CT molecular complexity index is 366. The zero-order valence-electron chi connectivity index (χ0n) is 10.0. The molecule has 0 amide bonds. The van der Waals surface area contributed by atoms with Gasteiger partial charge in [0.1, 0.15) is 5.82 Å². The van der Waals surface area contributed by atoms with Crippen LogP contribution < -0.4 is 5.32 Å². The molecule has 0 unspecified atom stereocenters. The zero-order valence-corrected chi connectivity index (χ0v) is 10.0. The van der Waals surface area contributed by atoms with Crippen molar-refractivity contribution in [3.8, 4) is 0 Å². The molecule has 1 atom stereocenters. The first-order valence-corrected chi connectivity index (χ1v) is 6.55. The molecule has 1 heterocycles. The topological polar surface area (TPSA) is 15.3 Å². The summed E-state index contributed by atoms with van der Waals surface area (Å²) in [4.78, 5) is 2.56. The number of rotatable bonds is 3. The lowest BCUT2D eigenvalue weighted by Crippen LogP contribution is -2.45. The molecule has 1 aromatic rings. The zero-order chi connectivity index (χ0) is 11.7. The minimum absolute atomic E-state index is 0.136. The van der Waals surface area contributed by atoms with Crippen molar-refractivity contribution in [2.24, 2.45) is 5.92 Å². The first kappa shape index (κ1) is 11.2. The molecule has 0 bridgehead atoms. The van der Waals surface area contributed by atoms with E-state index in [2.05, 4.69) is 10.2 Å². The van der Waals surface area contributed by atoms with Crippen molar-refractivity contribution in [3.05, 3.63) is 35.6 Å². The van der Waals surface area contributed by atoms with Gasteiger partial charge in [-0.25, -0.2) is 4.39 Å². The van der Waals surface area contributed by atoms with Crippen LogP contribution in [0.1, 0.15) is 24.4 Å². The van der Waals surface area contributed by atoms with Crippen LogP contribution in [0.3, 0.4) is 0 Å². The third-order valence-corrected chi connectivity index (χ3v) is 3.83. The number of nitrogens with one attached hydrogen (secondary N) is 1. The van der Waals surface area contributed by atoms with Crippen molar-refractivity contribution in [2.45, 2.75) is 18.9 Å². The van der Waals surface area contributed by atoms with Gasteiger partial charge in [-0.05, 0) is 36.5 Å². The molecule has 2 nitrogen and oxygen atoms in total. The summed E-state index contributed by atoms with van der Waals surface area (Å²) in [6, 6.07) is 7.61. The van der Waals surface area contributed by atoms with E-state index in [4.69, 9.17) is 0 Å². The molecule has 1 aromatic carbocycles. The second-order valence-corrected chi connectivity index (χ2v) is 5.12. The average Bonchev–Trinajstić information content (AvgIpc) is 3.18. The van der Waals surface area contributed by atoms with E-state index >= 15 is 0 Å². The highest BCUT2D eigenvalue weighted by Gasteiger charge is 2.36. The van der Waals surface area contributed by atoms with E-state index in [0.29, 0.717) is 6.04 Å².